The van der Waals surface area contributed by atoms with E-state index < -0.39 is 0 Å². The first-order valence-electron chi connectivity index (χ1n) is 7.59. The molecule has 1 aliphatic heterocycles. The van der Waals surface area contributed by atoms with Crippen molar-refractivity contribution in [1.82, 2.24) is 4.90 Å². The lowest BCUT2D eigenvalue weighted by Gasteiger charge is -2.33. The molecule has 1 N–H and O–H groups in total. The summed E-state index contributed by atoms with van der Waals surface area (Å²) in [5, 5.41) is 9.64. The van der Waals surface area contributed by atoms with Gasteiger partial charge in [-0.1, -0.05) is 39.5 Å². The quantitative estimate of drug-likeness (QED) is 0.770. The Morgan fingerprint density at radius 1 is 1.18 bits per heavy atom. The second kappa shape index (κ2) is 8.10. The van der Waals surface area contributed by atoms with Crippen LogP contribution >= 0.6 is 0 Å². The highest BCUT2D eigenvalue weighted by atomic mass is 16.3. The molecule has 0 aliphatic carbocycles. The number of nitrogens with zero attached hydrogens (tertiary/aromatic N) is 1. The van der Waals surface area contributed by atoms with E-state index in [1.165, 1.54) is 51.6 Å². The molecule has 0 bridgehead atoms. The maximum absolute atomic E-state index is 9.64. The van der Waals surface area contributed by atoms with Crippen LogP contribution in [0.4, 0.5) is 0 Å². The smallest absolute Gasteiger partial charge is 0.0527 e. The van der Waals surface area contributed by atoms with Gasteiger partial charge in [0.1, 0.15) is 0 Å². The van der Waals surface area contributed by atoms with Crippen molar-refractivity contribution in [2.75, 3.05) is 13.1 Å². The van der Waals surface area contributed by atoms with Gasteiger partial charge in [0.05, 0.1) is 6.10 Å². The third-order valence-corrected chi connectivity index (χ3v) is 4.26. The summed E-state index contributed by atoms with van der Waals surface area (Å²) in [6.07, 6.45) is 8.72. The Morgan fingerprint density at radius 2 is 1.88 bits per heavy atom. The first-order chi connectivity index (χ1) is 8.17. The first-order valence-corrected chi connectivity index (χ1v) is 7.59. The van der Waals surface area contributed by atoms with Gasteiger partial charge in [-0.3, -0.25) is 0 Å². The molecule has 2 unspecified atom stereocenters. The predicted octanol–water partition coefficient (Wildman–Crippen LogP) is 3.44. The van der Waals surface area contributed by atoms with Crippen molar-refractivity contribution >= 4 is 0 Å². The standard InChI is InChI=1S/C15H31NO/c1-4-14(5-2)12-16-10-8-6-7-9-15(16)11-13(3)17/h13-15,17H,4-12H2,1-3H3. The van der Waals surface area contributed by atoms with Crippen LogP contribution in [0.3, 0.4) is 0 Å². The lowest BCUT2D eigenvalue weighted by Crippen LogP contribution is -2.40. The SMILES string of the molecule is CCC(CC)CN1CCCCCC1CC(C)O. The highest BCUT2D eigenvalue weighted by molar-refractivity contribution is 4.78. The number of hydrogen-bond acceptors (Lipinski definition) is 2. The van der Waals surface area contributed by atoms with E-state index in [-0.39, 0.29) is 6.10 Å². The average Bonchev–Trinajstić information content (AvgIpc) is 2.51. The zero-order valence-electron chi connectivity index (χ0n) is 12.0. The fourth-order valence-electron chi connectivity index (χ4n) is 3.02. The normalized spacial score (nSPS) is 24.9. The van der Waals surface area contributed by atoms with Crippen LogP contribution in [-0.4, -0.2) is 35.2 Å². The molecule has 2 atom stereocenters. The number of aliphatic hydroxyl groups is 1. The molecule has 1 fully saturated rings. The first kappa shape index (κ1) is 15.0. The summed E-state index contributed by atoms with van der Waals surface area (Å²) in [5.41, 5.74) is 0. The van der Waals surface area contributed by atoms with E-state index in [4.69, 9.17) is 0 Å². The van der Waals surface area contributed by atoms with Crippen molar-refractivity contribution in [3.05, 3.63) is 0 Å². The highest BCUT2D eigenvalue weighted by Crippen LogP contribution is 2.23. The second-order valence-corrected chi connectivity index (χ2v) is 5.77. The van der Waals surface area contributed by atoms with E-state index in [1.807, 2.05) is 6.92 Å². The van der Waals surface area contributed by atoms with Crippen molar-refractivity contribution < 1.29 is 5.11 Å². The molecule has 1 saturated heterocycles. The van der Waals surface area contributed by atoms with Gasteiger partial charge in [-0.05, 0) is 38.6 Å². The largest absolute Gasteiger partial charge is 0.393 e. The van der Waals surface area contributed by atoms with E-state index in [2.05, 4.69) is 18.7 Å². The minimum Gasteiger partial charge on any atom is -0.393 e. The molecular weight excluding hydrogens is 210 g/mol. The average molecular weight is 241 g/mol. The third kappa shape index (κ3) is 5.39. The van der Waals surface area contributed by atoms with Gasteiger partial charge in [-0.2, -0.15) is 0 Å². The molecule has 1 rings (SSSR count). The van der Waals surface area contributed by atoms with E-state index in [0.717, 1.165) is 12.3 Å². The highest BCUT2D eigenvalue weighted by Gasteiger charge is 2.23. The summed E-state index contributed by atoms with van der Waals surface area (Å²) in [7, 11) is 0. The minimum absolute atomic E-state index is 0.151. The lowest BCUT2D eigenvalue weighted by molar-refractivity contribution is 0.0998. The molecule has 2 heteroatoms. The Labute approximate surface area is 107 Å². The topological polar surface area (TPSA) is 23.5 Å². The van der Waals surface area contributed by atoms with Gasteiger partial charge in [0.25, 0.3) is 0 Å². The van der Waals surface area contributed by atoms with Crippen LogP contribution in [0, 0.1) is 5.92 Å². The van der Waals surface area contributed by atoms with Crippen molar-refractivity contribution in [3.8, 4) is 0 Å². The van der Waals surface area contributed by atoms with Gasteiger partial charge in [-0.15, -0.1) is 0 Å². The van der Waals surface area contributed by atoms with Gasteiger partial charge in [0, 0.05) is 12.6 Å². The summed E-state index contributed by atoms with van der Waals surface area (Å²) in [6, 6.07) is 0.623. The summed E-state index contributed by atoms with van der Waals surface area (Å²) >= 11 is 0. The molecule has 0 spiro atoms. The van der Waals surface area contributed by atoms with E-state index in [1.54, 1.807) is 0 Å². The second-order valence-electron chi connectivity index (χ2n) is 5.77. The Balaban J connectivity index is 2.54. The number of rotatable bonds is 6. The van der Waals surface area contributed by atoms with Crippen molar-refractivity contribution in [2.24, 2.45) is 5.92 Å². The molecule has 0 amide bonds. The number of aliphatic hydroxyl groups excluding tert-OH is 1. The molecule has 1 aliphatic rings. The van der Waals surface area contributed by atoms with Crippen LogP contribution < -0.4 is 0 Å². The monoisotopic (exact) mass is 241 g/mol. The number of hydrogen-bond donors (Lipinski definition) is 1. The van der Waals surface area contributed by atoms with Crippen molar-refractivity contribution in [2.45, 2.75) is 77.9 Å². The molecular formula is C15H31NO. The molecule has 0 radical (unpaired) electrons. The zero-order chi connectivity index (χ0) is 12.7. The Morgan fingerprint density at radius 3 is 2.47 bits per heavy atom. The maximum Gasteiger partial charge on any atom is 0.0527 e. The minimum atomic E-state index is -0.151. The third-order valence-electron chi connectivity index (χ3n) is 4.26. The van der Waals surface area contributed by atoms with Gasteiger partial charge >= 0.3 is 0 Å². The zero-order valence-corrected chi connectivity index (χ0v) is 12.0. The van der Waals surface area contributed by atoms with Crippen LogP contribution in [0.25, 0.3) is 0 Å². The fraction of sp³-hybridized carbons (Fsp3) is 1.00. The molecule has 102 valence electrons. The molecule has 0 aromatic rings. The summed E-state index contributed by atoms with van der Waals surface area (Å²) in [5.74, 6) is 0.838. The molecule has 0 aromatic carbocycles. The Kier molecular flexibility index (Phi) is 7.14. The molecule has 0 saturated carbocycles. The van der Waals surface area contributed by atoms with E-state index in [0.29, 0.717) is 6.04 Å². The van der Waals surface area contributed by atoms with Crippen LogP contribution in [0.5, 0.6) is 0 Å². The Hall–Kier alpha value is -0.0800. The lowest BCUT2D eigenvalue weighted by atomic mass is 9.99. The van der Waals surface area contributed by atoms with Crippen molar-refractivity contribution in [3.63, 3.8) is 0 Å². The van der Waals surface area contributed by atoms with Crippen LogP contribution in [0.1, 0.15) is 65.7 Å². The summed E-state index contributed by atoms with van der Waals surface area (Å²) < 4.78 is 0. The van der Waals surface area contributed by atoms with Crippen LogP contribution in [-0.2, 0) is 0 Å². The van der Waals surface area contributed by atoms with Crippen molar-refractivity contribution in [1.29, 1.82) is 0 Å². The fourth-order valence-corrected chi connectivity index (χ4v) is 3.02. The van der Waals surface area contributed by atoms with Crippen LogP contribution in [0.15, 0.2) is 0 Å². The van der Waals surface area contributed by atoms with Crippen LogP contribution in [0.2, 0.25) is 0 Å². The molecule has 2 nitrogen and oxygen atoms in total. The number of likely N-dealkylation sites (tertiary alicyclic amines) is 1. The van der Waals surface area contributed by atoms with Gasteiger partial charge < -0.3 is 10.0 Å². The predicted molar refractivity (Wildman–Crippen MR) is 74.2 cm³/mol. The molecule has 1 heterocycles. The molecule has 17 heavy (non-hydrogen) atoms. The van der Waals surface area contributed by atoms with Gasteiger partial charge in [0.2, 0.25) is 0 Å². The summed E-state index contributed by atoms with van der Waals surface area (Å²) in [6.45, 7) is 9.02. The van der Waals surface area contributed by atoms with Gasteiger partial charge in [0.15, 0.2) is 0 Å². The van der Waals surface area contributed by atoms with Gasteiger partial charge in [-0.25, -0.2) is 0 Å². The Bertz CT molecular complexity index is 189. The van der Waals surface area contributed by atoms with E-state index >= 15 is 0 Å². The maximum atomic E-state index is 9.64. The molecule has 0 aromatic heterocycles. The summed E-state index contributed by atoms with van der Waals surface area (Å²) in [4.78, 5) is 2.66. The van der Waals surface area contributed by atoms with E-state index in [9.17, 15) is 5.11 Å².